The Kier molecular flexibility index (Phi) is 5.96. The molecule has 2 aromatic rings. The van der Waals surface area contributed by atoms with Gasteiger partial charge in [-0.15, -0.1) is 0 Å². The summed E-state index contributed by atoms with van der Waals surface area (Å²) in [4.78, 5) is 31.1. The summed E-state index contributed by atoms with van der Waals surface area (Å²) in [6, 6.07) is 15.4. The molecule has 2 aromatic carbocycles. The van der Waals surface area contributed by atoms with E-state index in [1.807, 2.05) is 42.5 Å². The molecular weight excluding hydrogens is 408 g/mol. The summed E-state index contributed by atoms with van der Waals surface area (Å²) >= 11 is 0. The Balaban J connectivity index is 1.09. The van der Waals surface area contributed by atoms with Crippen LogP contribution in [0, 0.1) is 0 Å². The molecule has 0 bridgehead atoms. The van der Waals surface area contributed by atoms with Gasteiger partial charge in [0.05, 0.1) is 6.67 Å². The molecule has 3 amide bonds. The second kappa shape index (κ2) is 9.18. The van der Waals surface area contributed by atoms with E-state index < -0.39 is 6.04 Å². The Morgan fingerprint density at radius 3 is 2.44 bits per heavy atom. The first-order chi connectivity index (χ1) is 15.7. The molecule has 3 aliphatic heterocycles. The predicted octanol–water partition coefficient (Wildman–Crippen LogP) is 2.04. The van der Waals surface area contributed by atoms with Crippen molar-refractivity contribution in [1.29, 1.82) is 0 Å². The van der Waals surface area contributed by atoms with Crippen LogP contribution in [0.4, 0.5) is 4.79 Å². The molecule has 2 saturated heterocycles. The number of ether oxygens (including phenoxy) is 2. The maximum atomic E-state index is 12.8. The molecule has 2 fully saturated rings. The molecule has 0 aliphatic carbocycles. The summed E-state index contributed by atoms with van der Waals surface area (Å²) in [6.07, 6.45) is 1.39. The Morgan fingerprint density at radius 1 is 0.875 bits per heavy atom. The van der Waals surface area contributed by atoms with Gasteiger partial charge < -0.3 is 14.8 Å². The van der Waals surface area contributed by atoms with Gasteiger partial charge >= 0.3 is 6.03 Å². The minimum absolute atomic E-state index is 0.117. The summed E-state index contributed by atoms with van der Waals surface area (Å²) < 4.78 is 10.8. The second-order valence-corrected chi connectivity index (χ2v) is 8.52. The number of nitrogens with zero attached hydrogens (tertiary/aromatic N) is 3. The van der Waals surface area contributed by atoms with Crippen LogP contribution >= 0.6 is 0 Å². The molecule has 3 aliphatic rings. The maximum absolute atomic E-state index is 12.8. The molecule has 8 nitrogen and oxygen atoms in total. The van der Waals surface area contributed by atoms with E-state index in [0.717, 1.165) is 50.6 Å². The maximum Gasteiger partial charge on any atom is 0.325 e. The zero-order valence-electron chi connectivity index (χ0n) is 18.0. The average Bonchev–Trinajstić information content (AvgIpc) is 3.39. The number of aryl methyl sites for hydroxylation is 1. The molecule has 8 heteroatoms. The average molecular weight is 437 g/mol. The number of imide groups is 1. The fraction of sp³-hybridized carbons (Fsp3) is 0.417. The van der Waals surface area contributed by atoms with Crippen molar-refractivity contribution < 1.29 is 19.1 Å². The summed E-state index contributed by atoms with van der Waals surface area (Å²) in [6.45, 7) is 4.88. The third kappa shape index (κ3) is 4.56. The molecule has 3 heterocycles. The van der Waals surface area contributed by atoms with Gasteiger partial charge in [-0.2, -0.15) is 0 Å². The topological polar surface area (TPSA) is 74.4 Å². The van der Waals surface area contributed by atoms with Crippen molar-refractivity contribution in [3.8, 4) is 11.5 Å². The third-order valence-electron chi connectivity index (χ3n) is 6.32. The van der Waals surface area contributed by atoms with Gasteiger partial charge in [-0.3, -0.25) is 14.6 Å². The number of amides is 3. The molecule has 0 radical (unpaired) electrons. The van der Waals surface area contributed by atoms with Crippen LogP contribution in [-0.4, -0.2) is 72.3 Å². The first-order valence-corrected chi connectivity index (χ1v) is 11.1. The zero-order valence-corrected chi connectivity index (χ0v) is 18.0. The van der Waals surface area contributed by atoms with Crippen LogP contribution in [0.25, 0.3) is 0 Å². The van der Waals surface area contributed by atoms with E-state index in [2.05, 4.69) is 21.2 Å². The van der Waals surface area contributed by atoms with Gasteiger partial charge in [-0.25, -0.2) is 9.69 Å². The van der Waals surface area contributed by atoms with Crippen molar-refractivity contribution in [2.75, 3.05) is 39.6 Å². The quantitative estimate of drug-likeness (QED) is 0.670. The first-order valence-electron chi connectivity index (χ1n) is 11.1. The first kappa shape index (κ1) is 20.8. The van der Waals surface area contributed by atoms with Crippen LogP contribution in [0.5, 0.6) is 11.5 Å². The van der Waals surface area contributed by atoms with E-state index in [0.29, 0.717) is 13.1 Å². The number of hydrogen-bond donors (Lipinski definition) is 1. The largest absolute Gasteiger partial charge is 0.454 e. The van der Waals surface area contributed by atoms with Crippen LogP contribution in [0.3, 0.4) is 0 Å². The molecule has 0 unspecified atom stereocenters. The highest BCUT2D eigenvalue weighted by atomic mass is 16.7. The highest BCUT2D eigenvalue weighted by Crippen LogP contribution is 2.32. The zero-order chi connectivity index (χ0) is 21.9. The third-order valence-corrected chi connectivity index (χ3v) is 6.32. The lowest BCUT2D eigenvalue weighted by atomic mass is 10.1. The summed E-state index contributed by atoms with van der Waals surface area (Å²) in [5, 5.41) is 2.85. The van der Waals surface area contributed by atoms with Crippen molar-refractivity contribution in [3.63, 3.8) is 0 Å². The summed E-state index contributed by atoms with van der Waals surface area (Å²) in [5.74, 6) is 1.49. The molecule has 0 aromatic heterocycles. The van der Waals surface area contributed by atoms with Gasteiger partial charge in [0.2, 0.25) is 6.79 Å². The highest BCUT2D eigenvalue weighted by molar-refractivity contribution is 6.04. The van der Waals surface area contributed by atoms with Gasteiger partial charge in [0.25, 0.3) is 5.91 Å². The van der Waals surface area contributed by atoms with E-state index in [4.69, 9.17) is 9.47 Å². The Hall–Kier alpha value is -3.10. The number of fused-ring (bicyclic) bond motifs is 1. The number of piperazine rings is 1. The van der Waals surface area contributed by atoms with Crippen LogP contribution in [-0.2, 0) is 17.8 Å². The van der Waals surface area contributed by atoms with Crippen LogP contribution in [0.2, 0.25) is 0 Å². The molecule has 0 saturated carbocycles. The molecule has 168 valence electrons. The summed E-state index contributed by atoms with van der Waals surface area (Å²) in [7, 11) is 0. The Morgan fingerprint density at radius 2 is 1.62 bits per heavy atom. The fourth-order valence-electron chi connectivity index (χ4n) is 4.45. The number of urea groups is 1. The van der Waals surface area contributed by atoms with Crippen molar-refractivity contribution in [3.05, 3.63) is 59.7 Å². The standard InChI is InChI=1S/C24H28N4O4/c29-23-20(8-6-18-4-2-1-3-5-18)25-24(30)28(23)16-27-12-10-26(11-13-27)15-19-7-9-21-22(14-19)32-17-31-21/h1-5,7,9,14,20H,6,8,10-13,15-17H2,(H,25,30)/t20-/m0/s1. The van der Waals surface area contributed by atoms with Gasteiger partial charge in [0, 0.05) is 32.7 Å². The number of rotatable bonds is 7. The lowest BCUT2D eigenvalue weighted by Gasteiger charge is -2.36. The van der Waals surface area contributed by atoms with E-state index in [-0.39, 0.29) is 18.7 Å². The van der Waals surface area contributed by atoms with Gasteiger partial charge in [-0.05, 0) is 36.1 Å². The molecule has 0 spiro atoms. The van der Waals surface area contributed by atoms with E-state index in [1.54, 1.807) is 0 Å². The van der Waals surface area contributed by atoms with Gasteiger partial charge in [0.1, 0.15) is 6.04 Å². The second-order valence-electron chi connectivity index (χ2n) is 8.52. The lowest BCUT2D eigenvalue weighted by molar-refractivity contribution is -0.129. The number of nitrogens with one attached hydrogen (secondary N) is 1. The monoisotopic (exact) mass is 436 g/mol. The smallest absolute Gasteiger partial charge is 0.325 e. The normalized spacial score (nSPS) is 21.2. The number of benzene rings is 2. The van der Waals surface area contributed by atoms with Crippen molar-refractivity contribution in [2.24, 2.45) is 0 Å². The van der Waals surface area contributed by atoms with Gasteiger partial charge in [0.15, 0.2) is 11.5 Å². The Bertz CT molecular complexity index is 975. The van der Waals surface area contributed by atoms with Crippen LogP contribution in [0.1, 0.15) is 17.5 Å². The number of carbonyl (C=O) groups excluding carboxylic acids is 2. The molecular formula is C24H28N4O4. The molecule has 1 atom stereocenters. The minimum Gasteiger partial charge on any atom is -0.454 e. The van der Waals surface area contributed by atoms with E-state index in [1.165, 1.54) is 16.0 Å². The number of hydrogen-bond acceptors (Lipinski definition) is 6. The fourth-order valence-corrected chi connectivity index (χ4v) is 4.45. The number of carbonyl (C=O) groups is 2. The predicted molar refractivity (Wildman–Crippen MR) is 118 cm³/mol. The molecule has 1 N–H and O–H groups in total. The van der Waals surface area contributed by atoms with Crippen molar-refractivity contribution in [2.45, 2.75) is 25.4 Å². The van der Waals surface area contributed by atoms with Crippen LogP contribution in [0.15, 0.2) is 48.5 Å². The Labute approximate surface area is 187 Å². The van der Waals surface area contributed by atoms with Crippen LogP contribution < -0.4 is 14.8 Å². The van der Waals surface area contributed by atoms with E-state index in [9.17, 15) is 9.59 Å². The van der Waals surface area contributed by atoms with Crippen molar-refractivity contribution >= 4 is 11.9 Å². The summed E-state index contributed by atoms with van der Waals surface area (Å²) in [5.41, 5.74) is 2.37. The minimum atomic E-state index is -0.435. The highest BCUT2D eigenvalue weighted by Gasteiger charge is 2.38. The van der Waals surface area contributed by atoms with Crippen molar-refractivity contribution in [1.82, 2.24) is 20.0 Å². The molecule has 32 heavy (non-hydrogen) atoms. The van der Waals surface area contributed by atoms with E-state index >= 15 is 0 Å². The van der Waals surface area contributed by atoms with Gasteiger partial charge in [-0.1, -0.05) is 36.4 Å². The molecule has 5 rings (SSSR count). The SMILES string of the molecule is O=C1N[C@@H](CCc2ccccc2)C(=O)N1CN1CCN(Cc2ccc3c(c2)OCO3)CC1. The lowest BCUT2D eigenvalue weighted by Crippen LogP contribution is -2.51.